The Morgan fingerprint density at radius 2 is 1.85 bits per heavy atom. The summed E-state index contributed by atoms with van der Waals surface area (Å²) in [5, 5.41) is 7.39. The summed E-state index contributed by atoms with van der Waals surface area (Å²) in [6, 6.07) is 8.67. The first-order valence-electron chi connectivity index (χ1n) is 9.74. The third kappa shape index (κ3) is 4.54. The molecular formula is C21H25BrN2O3. The standard InChI is InChI=1S/C21H25BrN2O3/c1-13(25)27-18-10-8-16(9-11-18)15-4-6-17(7-5-15)20-19(22)21(24-23-20)26-12-14-2-3-14/h4-7,14,16,18H,2-3,8-12H2,1H3,(H,23,24). The Kier molecular flexibility index (Phi) is 5.53. The van der Waals surface area contributed by atoms with E-state index >= 15 is 0 Å². The number of hydrogen-bond donors (Lipinski definition) is 1. The van der Waals surface area contributed by atoms with Crippen LogP contribution < -0.4 is 4.74 Å². The lowest BCUT2D eigenvalue weighted by atomic mass is 9.82. The van der Waals surface area contributed by atoms with Crippen molar-refractivity contribution in [3.63, 3.8) is 0 Å². The van der Waals surface area contributed by atoms with Gasteiger partial charge in [0.2, 0.25) is 5.88 Å². The molecule has 2 aromatic rings. The highest BCUT2D eigenvalue weighted by Gasteiger charge is 2.25. The third-order valence-electron chi connectivity index (χ3n) is 5.51. The SMILES string of the molecule is CC(=O)OC1CCC(c2ccc(-c3[nH]nc(OCC4CC4)c3Br)cc2)CC1. The molecule has 144 valence electrons. The smallest absolute Gasteiger partial charge is 0.302 e. The molecule has 5 nitrogen and oxygen atoms in total. The minimum absolute atomic E-state index is 0.0908. The maximum absolute atomic E-state index is 11.1. The van der Waals surface area contributed by atoms with Crippen LogP contribution in [0.1, 0.15) is 56.9 Å². The normalized spacial score (nSPS) is 22.4. The molecule has 4 rings (SSSR count). The van der Waals surface area contributed by atoms with E-state index in [1.54, 1.807) is 0 Å². The number of halogens is 1. The lowest BCUT2D eigenvalue weighted by Gasteiger charge is -2.28. The molecule has 1 aromatic heterocycles. The van der Waals surface area contributed by atoms with E-state index in [2.05, 4.69) is 50.4 Å². The molecule has 1 heterocycles. The average molecular weight is 433 g/mol. The highest BCUT2D eigenvalue weighted by molar-refractivity contribution is 9.10. The van der Waals surface area contributed by atoms with E-state index in [9.17, 15) is 4.79 Å². The van der Waals surface area contributed by atoms with Crippen LogP contribution in [0.15, 0.2) is 28.7 Å². The minimum atomic E-state index is -0.173. The molecule has 2 saturated carbocycles. The summed E-state index contributed by atoms with van der Waals surface area (Å²) in [5.74, 6) is 1.71. The number of esters is 1. The first-order chi connectivity index (χ1) is 13.1. The number of rotatable bonds is 6. The van der Waals surface area contributed by atoms with E-state index in [-0.39, 0.29) is 12.1 Å². The number of nitrogens with zero attached hydrogens (tertiary/aromatic N) is 1. The molecule has 0 radical (unpaired) electrons. The van der Waals surface area contributed by atoms with Gasteiger partial charge in [-0.25, -0.2) is 0 Å². The number of benzene rings is 1. The first-order valence-corrected chi connectivity index (χ1v) is 10.5. The van der Waals surface area contributed by atoms with Crippen LogP contribution in [0.2, 0.25) is 0 Å². The van der Waals surface area contributed by atoms with E-state index in [1.165, 1.54) is 25.3 Å². The second-order valence-electron chi connectivity index (χ2n) is 7.68. The van der Waals surface area contributed by atoms with Crippen LogP contribution in [0.25, 0.3) is 11.3 Å². The van der Waals surface area contributed by atoms with Crippen LogP contribution in [0.4, 0.5) is 0 Å². The van der Waals surface area contributed by atoms with Gasteiger partial charge in [0.15, 0.2) is 0 Å². The molecule has 2 aliphatic rings. The van der Waals surface area contributed by atoms with Crippen molar-refractivity contribution in [2.45, 2.75) is 57.5 Å². The number of nitrogens with one attached hydrogen (secondary N) is 1. The Bertz CT molecular complexity index is 790. The quantitative estimate of drug-likeness (QED) is 0.635. The highest BCUT2D eigenvalue weighted by atomic mass is 79.9. The second-order valence-corrected chi connectivity index (χ2v) is 8.47. The van der Waals surface area contributed by atoms with Crippen LogP contribution in [-0.2, 0) is 9.53 Å². The number of aromatic nitrogens is 2. The molecule has 27 heavy (non-hydrogen) atoms. The van der Waals surface area contributed by atoms with Gasteiger partial charge in [-0.05, 0) is 71.9 Å². The molecule has 2 aliphatic carbocycles. The molecule has 0 amide bonds. The fourth-order valence-electron chi connectivity index (χ4n) is 3.75. The van der Waals surface area contributed by atoms with Crippen LogP contribution in [-0.4, -0.2) is 28.9 Å². The number of carbonyl (C=O) groups excluding carboxylic acids is 1. The summed E-state index contributed by atoms with van der Waals surface area (Å²) in [5.41, 5.74) is 3.39. The van der Waals surface area contributed by atoms with Crippen LogP contribution in [0.5, 0.6) is 5.88 Å². The molecule has 1 aromatic carbocycles. The lowest BCUT2D eigenvalue weighted by Crippen LogP contribution is -2.22. The summed E-state index contributed by atoms with van der Waals surface area (Å²) in [4.78, 5) is 11.1. The molecule has 2 fully saturated rings. The van der Waals surface area contributed by atoms with Gasteiger partial charge >= 0.3 is 5.97 Å². The van der Waals surface area contributed by atoms with Gasteiger partial charge in [-0.1, -0.05) is 24.3 Å². The monoisotopic (exact) mass is 432 g/mol. The molecule has 0 spiro atoms. The fourth-order valence-corrected chi connectivity index (χ4v) is 4.27. The average Bonchev–Trinajstić information content (AvgIpc) is 3.43. The predicted octanol–water partition coefficient (Wildman–Crippen LogP) is 5.22. The van der Waals surface area contributed by atoms with Gasteiger partial charge in [0.1, 0.15) is 10.6 Å². The zero-order chi connectivity index (χ0) is 18.8. The van der Waals surface area contributed by atoms with Crippen LogP contribution in [0, 0.1) is 5.92 Å². The van der Waals surface area contributed by atoms with Crippen molar-refractivity contribution < 1.29 is 14.3 Å². The van der Waals surface area contributed by atoms with Crippen molar-refractivity contribution in [2.24, 2.45) is 5.92 Å². The summed E-state index contributed by atoms with van der Waals surface area (Å²) < 4.78 is 12.0. The van der Waals surface area contributed by atoms with E-state index < -0.39 is 0 Å². The maximum Gasteiger partial charge on any atom is 0.302 e. The van der Waals surface area contributed by atoms with Gasteiger partial charge < -0.3 is 9.47 Å². The lowest BCUT2D eigenvalue weighted by molar-refractivity contribution is -0.147. The number of hydrogen-bond acceptors (Lipinski definition) is 4. The highest BCUT2D eigenvalue weighted by Crippen LogP contribution is 2.38. The third-order valence-corrected chi connectivity index (χ3v) is 6.24. The van der Waals surface area contributed by atoms with E-state index in [0.717, 1.165) is 48.0 Å². The molecule has 6 heteroatoms. The van der Waals surface area contributed by atoms with E-state index in [4.69, 9.17) is 9.47 Å². The van der Waals surface area contributed by atoms with Gasteiger partial charge in [-0.15, -0.1) is 5.10 Å². The van der Waals surface area contributed by atoms with Gasteiger partial charge in [0, 0.05) is 12.5 Å². The number of aromatic amines is 1. The molecule has 0 aliphatic heterocycles. The van der Waals surface area contributed by atoms with Crippen molar-refractivity contribution in [1.82, 2.24) is 10.2 Å². The van der Waals surface area contributed by atoms with Crippen molar-refractivity contribution >= 4 is 21.9 Å². The molecule has 1 N–H and O–H groups in total. The second kappa shape index (κ2) is 8.05. The van der Waals surface area contributed by atoms with Crippen LogP contribution in [0.3, 0.4) is 0 Å². The number of carbonyl (C=O) groups is 1. The summed E-state index contributed by atoms with van der Waals surface area (Å²) in [6.07, 6.45) is 6.62. The topological polar surface area (TPSA) is 64.2 Å². The number of H-pyrrole nitrogens is 1. The molecule has 0 unspecified atom stereocenters. The summed E-state index contributed by atoms with van der Waals surface area (Å²) in [6.45, 7) is 2.23. The van der Waals surface area contributed by atoms with Gasteiger partial charge in [0.05, 0.1) is 12.3 Å². The van der Waals surface area contributed by atoms with E-state index in [1.807, 2.05) is 0 Å². The Morgan fingerprint density at radius 1 is 1.15 bits per heavy atom. The van der Waals surface area contributed by atoms with Gasteiger partial charge in [-0.3, -0.25) is 9.89 Å². The zero-order valence-electron chi connectivity index (χ0n) is 15.5. The molecule has 0 atom stereocenters. The zero-order valence-corrected chi connectivity index (χ0v) is 17.1. The van der Waals surface area contributed by atoms with Crippen molar-refractivity contribution in [3.05, 3.63) is 34.3 Å². The fraction of sp³-hybridized carbons (Fsp3) is 0.524. The Hall–Kier alpha value is -1.82. The number of ether oxygens (including phenoxy) is 2. The minimum Gasteiger partial charge on any atom is -0.476 e. The summed E-state index contributed by atoms with van der Waals surface area (Å²) >= 11 is 3.62. The van der Waals surface area contributed by atoms with E-state index in [0.29, 0.717) is 17.7 Å². The van der Waals surface area contributed by atoms with Gasteiger partial charge in [0.25, 0.3) is 0 Å². The Morgan fingerprint density at radius 3 is 2.48 bits per heavy atom. The predicted molar refractivity (Wildman–Crippen MR) is 107 cm³/mol. The van der Waals surface area contributed by atoms with Crippen molar-refractivity contribution in [2.75, 3.05) is 6.61 Å². The van der Waals surface area contributed by atoms with Crippen molar-refractivity contribution in [3.8, 4) is 17.1 Å². The van der Waals surface area contributed by atoms with Crippen LogP contribution >= 0.6 is 15.9 Å². The first kappa shape index (κ1) is 18.5. The summed E-state index contributed by atoms with van der Waals surface area (Å²) in [7, 11) is 0. The Balaban J connectivity index is 1.38. The Labute approximate surface area is 168 Å². The molecular weight excluding hydrogens is 408 g/mol. The van der Waals surface area contributed by atoms with Crippen molar-refractivity contribution in [1.29, 1.82) is 0 Å². The molecule has 0 bridgehead atoms. The largest absolute Gasteiger partial charge is 0.476 e. The maximum atomic E-state index is 11.1. The van der Waals surface area contributed by atoms with Gasteiger partial charge in [-0.2, -0.15) is 0 Å². The molecule has 0 saturated heterocycles.